The number of para-hydroxylation sites is 1. The molecule has 1 amide bonds. The molecule has 0 fully saturated rings. The van der Waals surface area contributed by atoms with Crippen LogP contribution in [0.4, 0.5) is 10.1 Å². The molecule has 10 heteroatoms. The molecule has 2 aromatic carbocycles. The monoisotopic (exact) mass is 506 g/mol. The summed E-state index contributed by atoms with van der Waals surface area (Å²) in [7, 11) is 3.67. The van der Waals surface area contributed by atoms with E-state index in [-0.39, 0.29) is 18.3 Å². The molecule has 38 heavy (non-hydrogen) atoms. The molecule has 0 aliphatic heterocycles. The molecule has 0 aliphatic carbocycles. The third-order valence-corrected chi connectivity index (χ3v) is 6.08. The van der Waals surface area contributed by atoms with E-state index >= 15 is 0 Å². The average molecular weight is 507 g/mol. The number of aromatic amines is 2. The molecule has 0 unspecified atom stereocenters. The Morgan fingerprint density at radius 1 is 0.947 bits per heavy atom. The van der Waals surface area contributed by atoms with Crippen LogP contribution in [0.5, 0.6) is 0 Å². The summed E-state index contributed by atoms with van der Waals surface area (Å²) in [5.74, 6) is 0.151. The Hall–Kier alpha value is -4.96. The van der Waals surface area contributed by atoms with Gasteiger partial charge in [0.1, 0.15) is 11.3 Å². The molecule has 188 valence electrons. The number of aromatic nitrogens is 6. The molecular formula is C28H23FN8O. The highest BCUT2D eigenvalue weighted by atomic mass is 19.1. The fraction of sp³-hybridized carbons (Fsp3) is 0.107. The van der Waals surface area contributed by atoms with E-state index in [0.29, 0.717) is 28.4 Å². The lowest BCUT2D eigenvalue weighted by atomic mass is 10.0. The van der Waals surface area contributed by atoms with E-state index in [1.807, 2.05) is 50.5 Å². The number of fused-ring (bicyclic) bond motifs is 2. The predicted molar refractivity (Wildman–Crippen MR) is 145 cm³/mol. The third kappa shape index (κ3) is 4.48. The van der Waals surface area contributed by atoms with E-state index in [1.54, 1.807) is 29.4 Å². The predicted octanol–water partition coefficient (Wildman–Crippen LogP) is 4.87. The van der Waals surface area contributed by atoms with Gasteiger partial charge in [0.2, 0.25) is 5.91 Å². The van der Waals surface area contributed by atoms with Gasteiger partial charge in [0.05, 0.1) is 40.7 Å². The third-order valence-electron chi connectivity index (χ3n) is 6.08. The van der Waals surface area contributed by atoms with Crippen molar-refractivity contribution in [2.75, 3.05) is 26.0 Å². The molecule has 0 spiro atoms. The number of hydrogen-bond donors (Lipinski definition) is 3. The number of pyridine rings is 2. The van der Waals surface area contributed by atoms with Crippen LogP contribution in [0, 0.1) is 5.82 Å². The first-order chi connectivity index (χ1) is 18.4. The molecule has 4 heterocycles. The summed E-state index contributed by atoms with van der Waals surface area (Å²) >= 11 is 0. The maximum Gasteiger partial charge on any atom is 0.238 e. The van der Waals surface area contributed by atoms with Gasteiger partial charge in [-0.1, -0.05) is 24.3 Å². The number of H-pyrrole nitrogens is 2. The van der Waals surface area contributed by atoms with Gasteiger partial charge in [-0.25, -0.2) is 14.4 Å². The molecule has 3 N–H and O–H groups in total. The number of halogens is 1. The summed E-state index contributed by atoms with van der Waals surface area (Å²) in [6.45, 7) is 0.271. The average Bonchev–Trinajstić information content (AvgIpc) is 3.52. The quantitative estimate of drug-likeness (QED) is 0.297. The maximum absolute atomic E-state index is 13.5. The number of rotatable bonds is 6. The Morgan fingerprint density at radius 2 is 1.79 bits per heavy atom. The topological polar surface area (TPSA) is 115 Å². The highest BCUT2D eigenvalue weighted by molar-refractivity contribution is 5.96. The van der Waals surface area contributed by atoms with Crippen molar-refractivity contribution < 1.29 is 9.18 Å². The van der Waals surface area contributed by atoms with E-state index < -0.39 is 0 Å². The molecule has 0 radical (unpaired) electrons. The van der Waals surface area contributed by atoms with Gasteiger partial charge >= 0.3 is 0 Å². The van der Waals surface area contributed by atoms with Gasteiger partial charge in [-0.05, 0) is 56.1 Å². The molecule has 9 nitrogen and oxygen atoms in total. The smallest absolute Gasteiger partial charge is 0.238 e. The van der Waals surface area contributed by atoms with Crippen molar-refractivity contribution in [2.45, 2.75) is 0 Å². The van der Waals surface area contributed by atoms with Crippen LogP contribution in [-0.4, -0.2) is 61.6 Å². The molecule has 0 saturated heterocycles. The first-order valence-corrected chi connectivity index (χ1v) is 11.9. The van der Waals surface area contributed by atoms with Crippen LogP contribution in [0.25, 0.3) is 56.0 Å². The first-order valence-electron chi connectivity index (χ1n) is 11.9. The number of likely N-dealkylation sites (N-methyl/N-ethyl adjacent to an activating group) is 1. The standard InChI is InChI=1S/C28H23FN8O/c1-37(2)15-24(38)31-19-12-17(13-30-14-19)21-10-11-23-26(32-21)27(36-35-23)28-33-22-5-3-4-20(25(22)34-28)16-6-8-18(29)9-7-16/h3-14H,15H2,1-2H3,(H,31,38)(H,33,34)(H,35,36). The lowest BCUT2D eigenvalue weighted by Crippen LogP contribution is -2.27. The highest BCUT2D eigenvalue weighted by Gasteiger charge is 2.17. The minimum Gasteiger partial charge on any atom is -0.336 e. The highest BCUT2D eigenvalue weighted by Crippen LogP contribution is 2.32. The number of hydrogen-bond acceptors (Lipinski definition) is 6. The molecule has 0 bridgehead atoms. The summed E-state index contributed by atoms with van der Waals surface area (Å²) < 4.78 is 13.5. The molecule has 4 aromatic heterocycles. The van der Waals surface area contributed by atoms with Crippen LogP contribution >= 0.6 is 0 Å². The van der Waals surface area contributed by atoms with Crippen LogP contribution in [0.15, 0.2) is 73.1 Å². The van der Waals surface area contributed by atoms with Gasteiger partial charge in [-0.3, -0.25) is 14.9 Å². The van der Waals surface area contributed by atoms with E-state index in [0.717, 1.165) is 33.2 Å². The van der Waals surface area contributed by atoms with E-state index in [9.17, 15) is 9.18 Å². The van der Waals surface area contributed by atoms with E-state index in [4.69, 9.17) is 9.97 Å². The molecule has 6 rings (SSSR count). The summed E-state index contributed by atoms with van der Waals surface area (Å²) in [5, 5.41) is 10.4. The zero-order valence-electron chi connectivity index (χ0n) is 20.7. The Labute approximate surface area is 216 Å². The van der Waals surface area contributed by atoms with Crippen LogP contribution in [0.3, 0.4) is 0 Å². The van der Waals surface area contributed by atoms with Crippen LogP contribution < -0.4 is 5.32 Å². The minimum absolute atomic E-state index is 0.126. The lowest BCUT2D eigenvalue weighted by Gasteiger charge is -2.10. The van der Waals surface area contributed by atoms with E-state index in [1.165, 1.54) is 12.1 Å². The molecular weight excluding hydrogens is 483 g/mol. The summed E-state index contributed by atoms with van der Waals surface area (Å²) in [5.41, 5.74) is 7.35. The Kier molecular flexibility index (Phi) is 5.85. The van der Waals surface area contributed by atoms with Gasteiger partial charge < -0.3 is 15.2 Å². The zero-order valence-corrected chi connectivity index (χ0v) is 20.7. The number of benzene rings is 2. The Morgan fingerprint density at radius 3 is 2.61 bits per heavy atom. The molecule has 0 aliphatic rings. The fourth-order valence-corrected chi connectivity index (χ4v) is 4.37. The Bertz CT molecular complexity index is 1790. The largest absolute Gasteiger partial charge is 0.336 e. The first kappa shape index (κ1) is 23.4. The second-order valence-electron chi connectivity index (χ2n) is 9.21. The summed E-state index contributed by atoms with van der Waals surface area (Å²) in [4.78, 5) is 31.3. The van der Waals surface area contributed by atoms with Crippen LogP contribution in [0.2, 0.25) is 0 Å². The van der Waals surface area contributed by atoms with Crippen molar-refractivity contribution >= 4 is 33.7 Å². The van der Waals surface area contributed by atoms with Crippen molar-refractivity contribution in [1.29, 1.82) is 0 Å². The van der Waals surface area contributed by atoms with Crippen LogP contribution in [0.1, 0.15) is 0 Å². The van der Waals surface area contributed by atoms with Crippen molar-refractivity contribution in [2.24, 2.45) is 0 Å². The summed E-state index contributed by atoms with van der Waals surface area (Å²) in [6, 6.07) is 17.8. The number of nitrogens with one attached hydrogen (secondary N) is 3. The van der Waals surface area contributed by atoms with Crippen molar-refractivity contribution in [1.82, 2.24) is 35.0 Å². The van der Waals surface area contributed by atoms with E-state index in [2.05, 4.69) is 25.5 Å². The number of amides is 1. The van der Waals surface area contributed by atoms with Gasteiger partial charge in [-0.2, -0.15) is 5.10 Å². The van der Waals surface area contributed by atoms with Crippen LogP contribution in [-0.2, 0) is 4.79 Å². The second-order valence-corrected chi connectivity index (χ2v) is 9.21. The zero-order chi connectivity index (χ0) is 26.2. The number of carbonyl (C=O) groups is 1. The number of anilines is 1. The maximum atomic E-state index is 13.5. The molecule has 0 atom stereocenters. The normalized spacial score (nSPS) is 11.5. The van der Waals surface area contributed by atoms with Gasteiger partial charge in [0.25, 0.3) is 0 Å². The van der Waals surface area contributed by atoms with Gasteiger partial charge in [-0.15, -0.1) is 0 Å². The van der Waals surface area contributed by atoms with Crippen molar-refractivity contribution in [3.05, 3.63) is 78.9 Å². The minimum atomic E-state index is -0.287. The lowest BCUT2D eigenvalue weighted by molar-refractivity contribution is -0.116. The van der Waals surface area contributed by atoms with Gasteiger partial charge in [0, 0.05) is 17.3 Å². The summed E-state index contributed by atoms with van der Waals surface area (Å²) in [6.07, 6.45) is 3.30. The second kappa shape index (κ2) is 9.49. The Balaban J connectivity index is 1.38. The number of carbonyl (C=O) groups excluding carboxylic acids is 1. The van der Waals surface area contributed by atoms with Gasteiger partial charge in [0.15, 0.2) is 11.5 Å². The number of imidazole rings is 1. The van der Waals surface area contributed by atoms with Crippen molar-refractivity contribution in [3.8, 4) is 33.9 Å². The SMILES string of the molecule is CN(C)CC(=O)Nc1cncc(-c2ccc3[nH]nc(-c4nc5c(-c6ccc(F)cc6)cccc5[nH]4)c3n2)c1. The molecule has 0 saturated carbocycles. The number of nitrogens with zero attached hydrogens (tertiary/aromatic N) is 5. The van der Waals surface area contributed by atoms with Crippen molar-refractivity contribution in [3.63, 3.8) is 0 Å². The fourth-order valence-electron chi connectivity index (χ4n) is 4.37. The molecule has 6 aromatic rings.